The van der Waals surface area contributed by atoms with Gasteiger partial charge in [0.2, 0.25) is 0 Å². The van der Waals surface area contributed by atoms with Crippen molar-refractivity contribution in [1.82, 2.24) is 0 Å². The van der Waals surface area contributed by atoms with Gasteiger partial charge in [-0.1, -0.05) is 0 Å². The Morgan fingerprint density at radius 1 is 1.35 bits per heavy atom. The first-order valence-electron chi connectivity index (χ1n) is 6.11. The standard InChI is InChI=1S/C16H18O3.Cr/c1-12(2)6-5-7-18-11-19-10-16-13(3)8-15(17)9-14(16)4;/h8-9,17H,1,7,11H2,2-4H3;. The first-order chi connectivity index (χ1) is 9.41. The van der Waals surface area contributed by atoms with Gasteiger partial charge in [-0.25, -0.2) is 0 Å². The number of allylic oxidation sites excluding steroid dienone is 1. The molecule has 3 nitrogen and oxygen atoms in total. The summed E-state index contributed by atoms with van der Waals surface area (Å²) in [6, 6.07) is 3.39. The van der Waals surface area contributed by atoms with Crippen molar-refractivity contribution >= 4 is 4.57 Å². The Hall–Kier alpha value is -1.36. The van der Waals surface area contributed by atoms with Crippen LogP contribution in [0, 0.1) is 25.7 Å². The van der Waals surface area contributed by atoms with Gasteiger partial charge < -0.3 is 0 Å². The van der Waals surface area contributed by atoms with Crippen LogP contribution in [0.4, 0.5) is 0 Å². The average molecular weight is 310 g/mol. The van der Waals surface area contributed by atoms with E-state index < -0.39 is 0 Å². The molecule has 1 aromatic carbocycles. The number of aryl methyl sites for hydroxylation is 2. The van der Waals surface area contributed by atoms with Gasteiger partial charge in [-0.15, -0.1) is 0 Å². The van der Waals surface area contributed by atoms with Crippen LogP contribution in [0.2, 0.25) is 0 Å². The van der Waals surface area contributed by atoms with E-state index in [1.165, 1.54) is 0 Å². The summed E-state index contributed by atoms with van der Waals surface area (Å²) < 4.78 is 11.4. The molecule has 4 heteroatoms. The van der Waals surface area contributed by atoms with Crippen molar-refractivity contribution in [2.24, 2.45) is 0 Å². The Balaban J connectivity index is 2.53. The molecule has 0 atom stereocenters. The Morgan fingerprint density at radius 3 is 2.50 bits per heavy atom. The van der Waals surface area contributed by atoms with Gasteiger partial charge in [-0.05, 0) is 0 Å². The molecule has 0 bridgehead atoms. The van der Waals surface area contributed by atoms with Gasteiger partial charge in [0.25, 0.3) is 0 Å². The molecule has 0 spiro atoms. The van der Waals surface area contributed by atoms with Gasteiger partial charge in [0.05, 0.1) is 0 Å². The van der Waals surface area contributed by atoms with Gasteiger partial charge in [-0.3, -0.25) is 0 Å². The predicted molar refractivity (Wildman–Crippen MR) is 76.2 cm³/mol. The van der Waals surface area contributed by atoms with Crippen molar-refractivity contribution < 1.29 is 30.4 Å². The molecule has 0 aliphatic carbocycles. The van der Waals surface area contributed by atoms with E-state index in [2.05, 4.69) is 34.3 Å². The summed E-state index contributed by atoms with van der Waals surface area (Å²) in [4.78, 5) is 0. The number of phenols is 1. The molecule has 0 unspecified atom stereocenters. The fraction of sp³-hybridized carbons (Fsp3) is 0.312. The molecule has 1 rings (SSSR count). The second-order valence-corrected chi connectivity index (χ2v) is 5.01. The van der Waals surface area contributed by atoms with E-state index >= 15 is 0 Å². The van der Waals surface area contributed by atoms with Crippen LogP contribution in [0.15, 0.2) is 24.3 Å². The Morgan fingerprint density at radius 2 is 1.95 bits per heavy atom. The maximum absolute atomic E-state index is 9.51. The second kappa shape index (κ2) is 8.05. The third kappa shape index (κ3) is 5.33. The van der Waals surface area contributed by atoms with Crippen molar-refractivity contribution in [3.05, 3.63) is 41.0 Å². The van der Waals surface area contributed by atoms with Crippen LogP contribution in [0.5, 0.6) is 5.75 Å². The molecule has 0 amide bonds. The molecule has 106 valence electrons. The molecule has 0 aromatic heterocycles. The third-order valence-corrected chi connectivity index (χ3v) is 2.97. The summed E-state index contributed by atoms with van der Waals surface area (Å²) in [5.74, 6) is 5.90. The van der Waals surface area contributed by atoms with Crippen LogP contribution in [-0.4, -0.2) is 23.1 Å². The number of hydrogen-bond acceptors (Lipinski definition) is 3. The summed E-state index contributed by atoms with van der Waals surface area (Å²) in [7, 11) is 0. The first-order valence-corrected chi connectivity index (χ1v) is 6.75. The Labute approximate surface area is 128 Å². The molecule has 0 fully saturated rings. The van der Waals surface area contributed by atoms with Crippen LogP contribution in [-0.2, 0) is 25.3 Å². The number of rotatable bonds is 5. The van der Waals surface area contributed by atoms with Gasteiger partial charge >= 0.3 is 128 Å². The molecule has 0 radical (unpaired) electrons. The summed E-state index contributed by atoms with van der Waals surface area (Å²) in [6.07, 6.45) is 0. The van der Waals surface area contributed by atoms with Crippen molar-refractivity contribution in [2.45, 2.75) is 20.8 Å². The zero-order chi connectivity index (χ0) is 15.1. The summed E-state index contributed by atoms with van der Waals surface area (Å²) >= 11 is 2.89. The summed E-state index contributed by atoms with van der Waals surface area (Å²) in [6.45, 7) is 9.77. The number of benzene rings is 1. The van der Waals surface area contributed by atoms with Crippen LogP contribution in [0.25, 0.3) is 0 Å². The van der Waals surface area contributed by atoms with Crippen molar-refractivity contribution in [1.29, 1.82) is 0 Å². The molecule has 0 aliphatic rings. The van der Waals surface area contributed by atoms with Crippen molar-refractivity contribution in [2.75, 3.05) is 13.4 Å². The first kappa shape index (κ1) is 16.7. The molecular formula is C16H18CrO3. The van der Waals surface area contributed by atoms with E-state index in [0.29, 0.717) is 11.2 Å². The fourth-order valence-corrected chi connectivity index (χ4v) is 2.29. The normalized spacial score (nSPS) is 9.75. The Kier molecular flexibility index (Phi) is 6.72. The minimum absolute atomic E-state index is 0.118. The van der Waals surface area contributed by atoms with E-state index in [-0.39, 0.29) is 12.5 Å². The third-order valence-electron chi connectivity index (χ3n) is 2.47. The van der Waals surface area contributed by atoms with Crippen LogP contribution >= 0.6 is 0 Å². The summed E-state index contributed by atoms with van der Waals surface area (Å²) in [5, 5.41) is 9.51. The Bertz CT molecular complexity index is 556. The van der Waals surface area contributed by atoms with E-state index in [1.807, 2.05) is 20.8 Å². The van der Waals surface area contributed by atoms with Crippen molar-refractivity contribution in [3.63, 3.8) is 0 Å². The predicted octanol–water partition coefficient (Wildman–Crippen LogP) is 2.60. The van der Waals surface area contributed by atoms with Crippen molar-refractivity contribution in [3.8, 4) is 17.6 Å². The topological polar surface area (TPSA) is 38.7 Å². The fourth-order valence-electron chi connectivity index (χ4n) is 1.71. The van der Waals surface area contributed by atoms with Gasteiger partial charge in [0.15, 0.2) is 0 Å². The quantitative estimate of drug-likeness (QED) is 0.516. The van der Waals surface area contributed by atoms with Crippen LogP contribution in [0.1, 0.15) is 23.6 Å². The van der Waals surface area contributed by atoms with Gasteiger partial charge in [0.1, 0.15) is 0 Å². The number of hydrogen-bond donors (Lipinski definition) is 1. The molecular weight excluding hydrogens is 292 g/mol. The van der Waals surface area contributed by atoms with E-state index in [4.69, 9.17) is 9.47 Å². The van der Waals surface area contributed by atoms with Gasteiger partial charge in [0, 0.05) is 0 Å². The zero-order valence-electron chi connectivity index (χ0n) is 11.9. The van der Waals surface area contributed by atoms with E-state index in [9.17, 15) is 5.11 Å². The number of phenolic OH excluding ortho intramolecular Hbond substituents is 1. The molecule has 20 heavy (non-hydrogen) atoms. The molecule has 0 heterocycles. The van der Waals surface area contributed by atoms with E-state index in [0.717, 1.165) is 22.3 Å². The molecule has 0 aliphatic heterocycles. The van der Waals surface area contributed by atoms with E-state index in [1.54, 1.807) is 12.1 Å². The molecule has 1 aromatic rings. The number of ether oxygens (including phenoxy) is 2. The molecule has 0 saturated heterocycles. The second-order valence-electron chi connectivity index (χ2n) is 4.43. The maximum atomic E-state index is 9.51. The SMILES string of the molecule is C=C(C)C#CCOCO[C](=[Cr])c1c(C)cc(O)cc1C. The molecule has 0 saturated carbocycles. The number of aromatic hydroxyl groups is 1. The van der Waals surface area contributed by atoms with Gasteiger partial charge in [-0.2, -0.15) is 0 Å². The molecule has 1 N–H and O–H groups in total. The van der Waals surface area contributed by atoms with Crippen LogP contribution in [0.3, 0.4) is 0 Å². The monoisotopic (exact) mass is 310 g/mol. The van der Waals surface area contributed by atoms with Crippen LogP contribution < -0.4 is 0 Å². The average Bonchev–Trinajstić information content (AvgIpc) is 2.31. The zero-order valence-corrected chi connectivity index (χ0v) is 13.2. The minimum atomic E-state index is 0.118. The summed E-state index contributed by atoms with van der Waals surface area (Å²) in [5.41, 5.74) is 3.64.